The van der Waals surface area contributed by atoms with Crippen LogP contribution in [0.1, 0.15) is 12.8 Å². The summed E-state index contributed by atoms with van der Waals surface area (Å²) in [5.74, 6) is -1.78. The monoisotopic (exact) mass is 278 g/mol. The van der Waals surface area contributed by atoms with Gasteiger partial charge < -0.3 is 14.6 Å². The van der Waals surface area contributed by atoms with Gasteiger partial charge in [-0.25, -0.2) is 0 Å². The molecule has 15 heavy (non-hydrogen) atoms. The number of aliphatic carboxylic acids is 1. The zero-order valence-corrected chi connectivity index (χ0v) is 9.47. The average Bonchev–Trinajstić information content (AvgIpc) is 2.76. The molecule has 5 nitrogen and oxygen atoms in total. The topological polar surface area (TPSA) is 72.8 Å². The van der Waals surface area contributed by atoms with Gasteiger partial charge in [0.25, 0.3) is 0 Å². The van der Waals surface area contributed by atoms with Crippen molar-refractivity contribution in [2.75, 3.05) is 5.33 Å². The normalized spacial score (nSPS) is 37.9. The highest BCUT2D eigenvalue weighted by molar-refractivity contribution is 9.09. The third kappa shape index (κ3) is 2.01. The molecule has 4 unspecified atom stereocenters. The number of alkyl halides is 1. The van der Waals surface area contributed by atoms with E-state index in [1.165, 1.54) is 0 Å². The van der Waals surface area contributed by atoms with E-state index in [0.717, 1.165) is 0 Å². The molecule has 0 aromatic rings. The molecule has 2 rings (SSSR count). The summed E-state index contributed by atoms with van der Waals surface area (Å²) in [4.78, 5) is 21.9. The van der Waals surface area contributed by atoms with Crippen molar-refractivity contribution >= 4 is 27.9 Å². The number of hydrogen-bond acceptors (Lipinski definition) is 4. The summed E-state index contributed by atoms with van der Waals surface area (Å²) < 4.78 is 10.5. The summed E-state index contributed by atoms with van der Waals surface area (Å²) in [5.41, 5.74) is 0. The first-order valence-electron chi connectivity index (χ1n) is 4.75. The smallest absolute Gasteiger partial charge is 0.316 e. The van der Waals surface area contributed by atoms with E-state index in [-0.39, 0.29) is 17.4 Å². The molecular weight excluding hydrogens is 268 g/mol. The number of carboxylic acids is 1. The lowest BCUT2D eigenvalue weighted by Gasteiger charge is -2.23. The van der Waals surface area contributed by atoms with Crippen molar-refractivity contribution in [2.24, 2.45) is 5.92 Å². The summed E-state index contributed by atoms with van der Waals surface area (Å²) in [6, 6.07) is 0. The van der Waals surface area contributed by atoms with E-state index >= 15 is 0 Å². The molecule has 0 amide bonds. The Labute approximate surface area is 94.9 Å². The van der Waals surface area contributed by atoms with Crippen LogP contribution in [0.3, 0.4) is 0 Å². The van der Waals surface area contributed by atoms with Crippen LogP contribution < -0.4 is 0 Å². The van der Waals surface area contributed by atoms with Gasteiger partial charge in [-0.2, -0.15) is 0 Å². The number of carboxylic acid groups (broad SMARTS) is 1. The maximum absolute atomic E-state index is 11.0. The Morgan fingerprint density at radius 2 is 2.20 bits per heavy atom. The van der Waals surface area contributed by atoms with Gasteiger partial charge in [0.05, 0.1) is 12.0 Å². The summed E-state index contributed by atoms with van der Waals surface area (Å²) >= 11 is 2.99. The standard InChI is InChI=1S/C9H11BrO5/c10-3-7(11)15-6-2-4-1-5(9(12)13)8(6)14-4/h4-6,8H,1-3H2,(H,12,13). The maximum atomic E-state index is 11.0. The number of esters is 1. The highest BCUT2D eigenvalue weighted by Gasteiger charge is 2.52. The van der Waals surface area contributed by atoms with Gasteiger partial charge in [0.1, 0.15) is 17.5 Å². The fourth-order valence-electron chi connectivity index (χ4n) is 2.24. The second-order valence-corrected chi connectivity index (χ2v) is 4.36. The lowest BCUT2D eigenvalue weighted by atomic mass is 9.87. The van der Waals surface area contributed by atoms with Crippen LogP contribution in [0.25, 0.3) is 0 Å². The fourth-order valence-corrected chi connectivity index (χ4v) is 2.37. The number of carbonyl (C=O) groups excluding carboxylic acids is 1. The van der Waals surface area contributed by atoms with Crippen LogP contribution in [-0.2, 0) is 19.1 Å². The predicted molar refractivity (Wildman–Crippen MR) is 52.7 cm³/mol. The Morgan fingerprint density at radius 1 is 1.47 bits per heavy atom. The third-order valence-electron chi connectivity index (χ3n) is 2.83. The predicted octanol–water partition coefficient (Wildman–Crippen LogP) is 0.555. The minimum absolute atomic E-state index is 0.0655. The van der Waals surface area contributed by atoms with Crippen LogP contribution in [0.15, 0.2) is 0 Å². The molecule has 0 radical (unpaired) electrons. The first-order valence-corrected chi connectivity index (χ1v) is 5.87. The fraction of sp³-hybridized carbons (Fsp3) is 0.778. The Kier molecular flexibility index (Phi) is 2.97. The summed E-state index contributed by atoms with van der Waals surface area (Å²) in [5, 5.41) is 9.04. The molecule has 0 aromatic carbocycles. The van der Waals surface area contributed by atoms with Gasteiger partial charge in [-0.3, -0.25) is 9.59 Å². The molecule has 1 N–H and O–H groups in total. The Hall–Kier alpha value is -0.620. The number of carbonyl (C=O) groups is 2. The van der Waals surface area contributed by atoms with Crippen molar-refractivity contribution in [3.8, 4) is 0 Å². The van der Waals surface area contributed by atoms with E-state index < -0.39 is 24.1 Å². The molecule has 0 spiro atoms. The Bertz CT molecular complexity index is 292. The Balaban J connectivity index is 1.99. The van der Waals surface area contributed by atoms with Crippen molar-refractivity contribution in [3.05, 3.63) is 0 Å². The van der Waals surface area contributed by atoms with Crippen LogP contribution in [0.5, 0.6) is 0 Å². The molecule has 0 aliphatic carbocycles. The lowest BCUT2D eigenvalue weighted by Crippen LogP contribution is -2.38. The van der Waals surface area contributed by atoms with Gasteiger partial charge in [-0.05, 0) is 6.42 Å². The molecule has 2 aliphatic heterocycles. The van der Waals surface area contributed by atoms with Crippen LogP contribution in [0, 0.1) is 5.92 Å². The molecule has 4 atom stereocenters. The first-order chi connectivity index (χ1) is 7.11. The quantitative estimate of drug-likeness (QED) is 0.603. The zero-order valence-electron chi connectivity index (χ0n) is 7.89. The van der Waals surface area contributed by atoms with Gasteiger partial charge in [0, 0.05) is 6.42 Å². The molecule has 2 heterocycles. The molecule has 0 saturated carbocycles. The zero-order chi connectivity index (χ0) is 11.0. The van der Waals surface area contributed by atoms with Crippen LogP contribution in [-0.4, -0.2) is 40.7 Å². The first kappa shape index (κ1) is 10.9. The number of rotatable bonds is 3. The lowest BCUT2D eigenvalue weighted by molar-refractivity contribution is -0.155. The molecule has 2 aliphatic rings. The van der Waals surface area contributed by atoms with E-state index in [9.17, 15) is 9.59 Å². The van der Waals surface area contributed by atoms with Crippen LogP contribution in [0.2, 0.25) is 0 Å². The molecule has 2 fully saturated rings. The summed E-state index contributed by atoms with van der Waals surface area (Å²) in [6.07, 6.45) is 0.227. The van der Waals surface area contributed by atoms with Crippen LogP contribution in [0.4, 0.5) is 0 Å². The van der Waals surface area contributed by atoms with E-state index in [1.807, 2.05) is 0 Å². The molecule has 6 heteroatoms. The molecule has 0 aromatic heterocycles. The minimum atomic E-state index is -0.873. The van der Waals surface area contributed by atoms with Crippen LogP contribution >= 0.6 is 15.9 Å². The highest BCUT2D eigenvalue weighted by Crippen LogP contribution is 2.40. The van der Waals surface area contributed by atoms with Gasteiger partial charge in [0.2, 0.25) is 0 Å². The molecular formula is C9H11BrO5. The largest absolute Gasteiger partial charge is 0.481 e. The number of hydrogen-bond donors (Lipinski definition) is 1. The van der Waals surface area contributed by atoms with Crippen molar-refractivity contribution in [1.29, 1.82) is 0 Å². The van der Waals surface area contributed by atoms with E-state index in [0.29, 0.717) is 12.8 Å². The third-order valence-corrected chi connectivity index (χ3v) is 3.29. The minimum Gasteiger partial charge on any atom is -0.481 e. The van der Waals surface area contributed by atoms with Gasteiger partial charge >= 0.3 is 11.9 Å². The summed E-state index contributed by atoms with van der Waals surface area (Å²) in [7, 11) is 0. The van der Waals surface area contributed by atoms with Crippen molar-refractivity contribution in [2.45, 2.75) is 31.2 Å². The van der Waals surface area contributed by atoms with Crippen molar-refractivity contribution in [1.82, 2.24) is 0 Å². The number of halogens is 1. The molecule has 84 valence electrons. The second kappa shape index (κ2) is 4.09. The van der Waals surface area contributed by atoms with Gasteiger partial charge in [-0.15, -0.1) is 0 Å². The maximum Gasteiger partial charge on any atom is 0.316 e. The Morgan fingerprint density at radius 3 is 2.73 bits per heavy atom. The van der Waals surface area contributed by atoms with Crippen molar-refractivity contribution < 1.29 is 24.2 Å². The SMILES string of the molecule is O=C(CBr)OC1CC2CC(C(=O)O)C1O2. The van der Waals surface area contributed by atoms with E-state index in [4.69, 9.17) is 14.6 Å². The number of fused-ring (bicyclic) bond motifs is 2. The molecule has 2 saturated heterocycles. The highest BCUT2D eigenvalue weighted by atomic mass is 79.9. The van der Waals surface area contributed by atoms with Crippen molar-refractivity contribution in [3.63, 3.8) is 0 Å². The average molecular weight is 279 g/mol. The molecule has 2 bridgehead atoms. The van der Waals surface area contributed by atoms with E-state index in [2.05, 4.69) is 15.9 Å². The van der Waals surface area contributed by atoms with Gasteiger partial charge in [0.15, 0.2) is 0 Å². The van der Waals surface area contributed by atoms with E-state index in [1.54, 1.807) is 0 Å². The number of ether oxygens (including phenoxy) is 2. The second-order valence-electron chi connectivity index (χ2n) is 3.80. The van der Waals surface area contributed by atoms with Gasteiger partial charge in [-0.1, -0.05) is 15.9 Å². The summed E-state index contributed by atoms with van der Waals surface area (Å²) in [6.45, 7) is 0.